The van der Waals surface area contributed by atoms with E-state index in [4.69, 9.17) is 11.6 Å². The number of hydrogen-bond donors (Lipinski definition) is 0. The van der Waals surface area contributed by atoms with Crippen LogP contribution in [0.4, 0.5) is 0 Å². The first-order chi connectivity index (χ1) is 8.33. The zero-order valence-electron chi connectivity index (χ0n) is 10.6. The molecule has 0 aliphatic carbocycles. The van der Waals surface area contributed by atoms with Crippen LogP contribution in [0.3, 0.4) is 0 Å². The lowest BCUT2D eigenvalue weighted by molar-refractivity contribution is 0.138. The van der Waals surface area contributed by atoms with Crippen molar-refractivity contribution in [2.75, 3.05) is 12.4 Å². The molecule has 1 aliphatic heterocycles. The van der Waals surface area contributed by atoms with Crippen molar-refractivity contribution in [2.45, 2.75) is 51.6 Å². The molecule has 1 aliphatic rings. The molecule has 17 heavy (non-hydrogen) atoms. The highest BCUT2D eigenvalue weighted by molar-refractivity contribution is 7.11. The molecule has 0 spiro atoms. The number of rotatable bonds is 5. The Labute approximate surface area is 114 Å². The standard InChI is InChI=1S/C14H22ClNS/c1-2-13-6-7-14(17-13)11-16-10-4-3-5-12(16)8-9-15/h6-7,12H,2-5,8-11H2,1H3. The normalized spacial score (nSPS) is 21.9. The van der Waals surface area contributed by atoms with E-state index in [0.29, 0.717) is 6.04 Å². The van der Waals surface area contributed by atoms with Gasteiger partial charge in [-0.15, -0.1) is 22.9 Å². The van der Waals surface area contributed by atoms with E-state index >= 15 is 0 Å². The highest BCUT2D eigenvalue weighted by Gasteiger charge is 2.22. The molecule has 0 bridgehead atoms. The maximum atomic E-state index is 5.91. The van der Waals surface area contributed by atoms with E-state index in [9.17, 15) is 0 Å². The van der Waals surface area contributed by atoms with Gasteiger partial charge in [0.05, 0.1) is 0 Å². The molecule has 1 aromatic rings. The molecule has 1 unspecified atom stereocenters. The van der Waals surface area contributed by atoms with Crippen molar-refractivity contribution in [1.29, 1.82) is 0 Å². The van der Waals surface area contributed by atoms with Crippen molar-refractivity contribution in [2.24, 2.45) is 0 Å². The SMILES string of the molecule is CCc1ccc(CN2CCCCC2CCCl)s1. The Morgan fingerprint density at radius 1 is 1.35 bits per heavy atom. The lowest BCUT2D eigenvalue weighted by Gasteiger charge is -2.35. The molecule has 1 atom stereocenters. The van der Waals surface area contributed by atoms with Gasteiger partial charge in [0, 0.05) is 28.2 Å². The third kappa shape index (κ3) is 3.70. The minimum Gasteiger partial charge on any atom is -0.295 e. The Kier molecular flexibility index (Phi) is 5.33. The summed E-state index contributed by atoms with van der Waals surface area (Å²) >= 11 is 7.88. The minimum absolute atomic E-state index is 0.716. The number of nitrogens with zero attached hydrogens (tertiary/aromatic N) is 1. The van der Waals surface area contributed by atoms with E-state index < -0.39 is 0 Å². The quantitative estimate of drug-likeness (QED) is 0.722. The summed E-state index contributed by atoms with van der Waals surface area (Å²) in [7, 11) is 0. The fourth-order valence-electron chi connectivity index (χ4n) is 2.62. The van der Waals surface area contributed by atoms with Crippen LogP contribution in [0.2, 0.25) is 0 Å². The summed E-state index contributed by atoms with van der Waals surface area (Å²) < 4.78 is 0. The molecule has 2 heterocycles. The molecule has 0 aromatic carbocycles. The van der Waals surface area contributed by atoms with Crippen LogP contribution in [-0.2, 0) is 13.0 Å². The van der Waals surface area contributed by atoms with E-state index in [1.165, 1.54) is 35.6 Å². The fraction of sp³-hybridized carbons (Fsp3) is 0.714. The van der Waals surface area contributed by atoms with Gasteiger partial charge in [0.2, 0.25) is 0 Å². The van der Waals surface area contributed by atoms with Crippen molar-refractivity contribution in [3.05, 3.63) is 21.9 Å². The van der Waals surface area contributed by atoms with E-state index in [0.717, 1.165) is 25.3 Å². The van der Waals surface area contributed by atoms with Gasteiger partial charge in [0.1, 0.15) is 0 Å². The predicted molar refractivity (Wildman–Crippen MR) is 77.1 cm³/mol. The van der Waals surface area contributed by atoms with Crippen molar-refractivity contribution >= 4 is 22.9 Å². The number of thiophene rings is 1. The van der Waals surface area contributed by atoms with Gasteiger partial charge in [-0.25, -0.2) is 0 Å². The smallest absolute Gasteiger partial charge is 0.0330 e. The zero-order chi connectivity index (χ0) is 12.1. The van der Waals surface area contributed by atoms with Gasteiger partial charge in [0.25, 0.3) is 0 Å². The summed E-state index contributed by atoms with van der Waals surface area (Å²) in [6.45, 7) is 4.61. The molecule has 96 valence electrons. The number of halogens is 1. The molecule has 0 amide bonds. The average molecular weight is 272 g/mol. The summed E-state index contributed by atoms with van der Waals surface area (Å²) in [6.07, 6.45) is 6.37. The lowest BCUT2D eigenvalue weighted by Crippen LogP contribution is -2.38. The Morgan fingerprint density at radius 3 is 2.88 bits per heavy atom. The van der Waals surface area contributed by atoms with Crippen LogP contribution in [-0.4, -0.2) is 23.4 Å². The van der Waals surface area contributed by atoms with E-state index in [-0.39, 0.29) is 0 Å². The van der Waals surface area contributed by atoms with Crippen LogP contribution >= 0.6 is 22.9 Å². The topological polar surface area (TPSA) is 3.24 Å². The molecule has 1 fully saturated rings. The van der Waals surface area contributed by atoms with Crippen molar-refractivity contribution in [3.8, 4) is 0 Å². The molecule has 0 saturated carbocycles. The molecule has 1 nitrogen and oxygen atoms in total. The predicted octanol–water partition coefficient (Wildman–Crippen LogP) is 4.29. The van der Waals surface area contributed by atoms with E-state index in [2.05, 4.69) is 24.0 Å². The molecule has 0 radical (unpaired) electrons. The van der Waals surface area contributed by atoms with Crippen LogP contribution in [0.5, 0.6) is 0 Å². The highest BCUT2D eigenvalue weighted by Crippen LogP contribution is 2.25. The van der Waals surface area contributed by atoms with E-state index in [1.807, 2.05) is 11.3 Å². The van der Waals surface area contributed by atoms with Crippen LogP contribution in [0.1, 0.15) is 42.4 Å². The Hall–Kier alpha value is -0.0500. The van der Waals surface area contributed by atoms with Gasteiger partial charge in [-0.1, -0.05) is 13.3 Å². The van der Waals surface area contributed by atoms with Gasteiger partial charge in [-0.2, -0.15) is 0 Å². The molecule has 2 rings (SSSR count). The largest absolute Gasteiger partial charge is 0.295 e. The first-order valence-electron chi connectivity index (χ1n) is 6.71. The van der Waals surface area contributed by atoms with Gasteiger partial charge in [-0.05, 0) is 44.4 Å². The molecule has 1 aromatic heterocycles. The second-order valence-electron chi connectivity index (χ2n) is 4.82. The number of likely N-dealkylation sites (tertiary alicyclic amines) is 1. The minimum atomic E-state index is 0.716. The summed E-state index contributed by atoms with van der Waals surface area (Å²) in [5.41, 5.74) is 0. The second kappa shape index (κ2) is 6.77. The third-order valence-corrected chi connectivity index (χ3v) is 5.05. The van der Waals surface area contributed by atoms with Gasteiger partial charge < -0.3 is 0 Å². The van der Waals surface area contributed by atoms with Crippen LogP contribution in [0.25, 0.3) is 0 Å². The summed E-state index contributed by atoms with van der Waals surface area (Å²) in [5, 5.41) is 0. The summed E-state index contributed by atoms with van der Waals surface area (Å²) in [5.74, 6) is 0.797. The molecular formula is C14H22ClNS. The van der Waals surface area contributed by atoms with Gasteiger partial charge in [-0.3, -0.25) is 4.90 Å². The van der Waals surface area contributed by atoms with E-state index in [1.54, 1.807) is 0 Å². The summed E-state index contributed by atoms with van der Waals surface area (Å²) in [4.78, 5) is 5.66. The van der Waals surface area contributed by atoms with Gasteiger partial charge >= 0.3 is 0 Å². The monoisotopic (exact) mass is 271 g/mol. The third-order valence-electron chi connectivity index (χ3n) is 3.62. The Balaban J connectivity index is 1.95. The number of alkyl halides is 1. The van der Waals surface area contributed by atoms with Gasteiger partial charge in [0.15, 0.2) is 0 Å². The molecule has 1 saturated heterocycles. The Morgan fingerprint density at radius 2 is 2.18 bits per heavy atom. The van der Waals surface area contributed by atoms with Crippen molar-refractivity contribution in [1.82, 2.24) is 4.90 Å². The highest BCUT2D eigenvalue weighted by atomic mass is 35.5. The fourth-order valence-corrected chi connectivity index (χ4v) is 3.85. The molecule has 3 heteroatoms. The summed E-state index contributed by atoms with van der Waals surface area (Å²) in [6, 6.07) is 5.30. The average Bonchev–Trinajstić information content (AvgIpc) is 2.80. The second-order valence-corrected chi connectivity index (χ2v) is 6.45. The maximum absolute atomic E-state index is 5.91. The Bertz CT molecular complexity index is 335. The van der Waals surface area contributed by atoms with Crippen LogP contribution in [0, 0.1) is 0 Å². The maximum Gasteiger partial charge on any atom is 0.0330 e. The zero-order valence-corrected chi connectivity index (χ0v) is 12.2. The molecular weight excluding hydrogens is 250 g/mol. The number of aryl methyl sites for hydroxylation is 1. The van der Waals surface area contributed by atoms with Crippen molar-refractivity contribution < 1.29 is 0 Å². The first-order valence-corrected chi connectivity index (χ1v) is 8.06. The van der Waals surface area contributed by atoms with Crippen LogP contribution < -0.4 is 0 Å². The number of hydrogen-bond acceptors (Lipinski definition) is 2. The van der Waals surface area contributed by atoms with Crippen molar-refractivity contribution in [3.63, 3.8) is 0 Å². The lowest BCUT2D eigenvalue weighted by atomic mass is 10.00. The molecule has 0 N–H and O–H groups in total. The van der Waals surface area contributed by atoms with Crippen LogP contribution in [0.15, 0.2) is 12.1 Å². The number of piperidine rings is 1. The first kappa shape index (κ1) is 13.4.